The van der Waals surface area contributed by atoms with E-state index >= 15 is 0 Å². The second kappa shape index (κ2) is 7.85. The zero-order valence-electron chi connectivity index (χ0n) is 15.9. The molecule has 2 aromatic heterocycles. The van der Waals surface area contributed by atoms with E-state index < -0.39 is 0 Å². The molecule has 0 spiro atoms. The van der Waals surface area contributed by atoms with Crippen molar-refractivity contribution >= 4 is 17.4 Å². The third-order valence-electron chi connectivity index (χ3n) is 5.12. The van der Waals surface area contributed by atoms with Crippen LogP contribution in [0, 0.1) is 13.8 Å². The van der Waals surface area contributed by atoms with E-state index in [1.54, 1.807) is 12.1 Å². The molecule has 0 unspecified atom stereocenters. The maximum atomic E-state index is 12.8. The van der Waals surface area contributed by atoms with E-state index in [4.69, 9.17) is 16.3 Å². The van der Waals surface area contributed by atoms with Crippen molar-refractivity contribution in [2.45, 2.75) is 45.9 Å². The highest BCUT2D eigenvalue weighted by atomic mass is 35.5. The van der Waals surface area contributed by atoms with Crippen molar-refractivity contribution in [3.8, 4) is 11.4 Å². The third kappa shape index (κ3) is 3.86. The molecule has 28 heavy (non-hydrogen) atoms. The monoisotopic (exact) mass is 399 g/mol. The number of carbonyl (C=O) groups excluding carboxylic acids is 1. The molecule has 1 aliphatic heterocycles. The summed E-state index contributed by atoms with van der Waals surface area (Å²) in [4.78, 5) is 14.2. The number of ether oxygens (including phenoxy) is 1. The van der Waals surface area contributed by atoms with E-state index in [2.05, 4.69) is 20.0 Å². The molecule has 1 aliphatic rings. The Kier molecular flexibility index (Phi) is 5.28. The van der Waals surface area contributed by atoms with E-state index in [0.29, 0.717) is 16.4 Å². The van der Waals surface area contributed by atoms with Gasteiger partial charge in [0.2, 0.25) is 5.82 Å². The fraction of sp³-hybridized carbons (Fsp3) is 0.400. The summed E-state index contributed by atoms with van der Waals surface area (Å²) in [6.07, 6.45) is 2.40. The molecule has 3 heterocycles. The second-order valence-corrected chi connectivity index (χ2v) is 7.54. The summed E-state index contributed by atoms with van der Waals surface area (Å²) < 4.78 is 7.90. The lowest BCUT2D eigenvalue weighted by Gasteiger charge is -2.14. The van der Waals surface area contributed by atoms with Crippen molar-refractivity contribution in [2.75, 3.05) is 6.61 Å². The highest BCUT2D eigenvalue weighted by Crippen LogP contribution is 2.21. The van der Waals surface area contributed by atoms with Crippen LogP contribution in [0.5, 0.6) is 0 Å². The van der Waals surface area contributed by atoms with Crippen LogP contribution in [0.25, 0.3) is 11.4 Å². The van der Waals surface area contributed by atoms with Crippen LogP contribution in [-0.4, -0.2) is 43.3 Å². The Morgan fingerprint density at radius 1 is 1.29 bits per heavy atom. The molecule has 1 fully saturated rings. The molecule has 0 N–H and O–H groups in total. The Hall–Kier alpha value is -2.51. The second-order valence-electron chi connectivity index (χ2n) is 7.10. The topological polar surface area (TPSA) is 74.8 Å². The number of hydrogen-bond acceptors (Lipinski definition) is 5. The van der Waals surface area contributed by atoms with Crippen molar-refractivity contribution in [1.29, 1.82) is 0 Å². The number of Topliss-reactive ketones (excluding diaryl/α,β-unsaturated/α-hetero) is 1. The van der Waals surface area contributed by atoms with Gasteiger partial charge >= 0.3 is 0 Å². The van der Waals surface area contributed by atoms with Gasteiger partial charge in [-0.25, -0.2) is 0 Å². The molecule has 1 aromatic carbocycles. The molecule has 8 heteroatoms. The Morgan fingerprint density at radius 3 is 2.79 bits per heavy atom. The SMILES string of the molecule is Cc1cc(C(=O)Cn2nnc(-c3ccc(Cl)cc3)n2)c(C)n1C[C@@H]1CCCO1. The smallest absolute Gasteiger partial charge is 0.204 e. The maximum Gasteiger partial charge on any atom is 0.204 e. The number of benzene rings is 1. The first-order valence-corrected chi connectivity index (χ1v) is 9.74. The minimum absolute atomic E-state index is 0.0354. The van der Waals surface area contributed by atoms with Crippen molar-refractivity contribution in [1.82, 2.24) is 24.8 Å². The Labute approximate surface area is 168 Å². The number of carbonyl (C=O) groups is 1. The molecule has 146 valence electrons. The van der Waals surface area contributed by atoms with E-state index in [1.807, 2.05) is 32.0 Å². The summed E-state index contributed by atoms with van der Waals surface area (Å²) >= 11 is 5.91. The first-order chi connectivity index (χ1) is 13.5. The standard InChI is InChI=1S/C20H22ClN5O2/c1-13-10-18(14(2)25(13)11-17-4-3-9-28-17)19(27)12-26-23-20(22-24-26)15-5-7-16(21)8-6-15/h5-8,10,17H,3-4,9,11-12H2,1-2H3/t17-/m0/s1. The van der Waals surface area contributed by atoms with Crippen LogP contribution in [0.3, 0.4) is 0 Å². The maximum absolute atomic E-state index is 12.8. The van der Waals surface area contributed by atoms with E-state index in [1.165, 1.54) is 4.80 Å². The molecular formula is C20H22ClN5O2. The predicted molar refractivity (Wildman–Crippen MR) is 105 cm³/mol. The van der Waals surface area contributed by atoms with Gasteiger partial charge < -0.3 is 9.30 Å². The Bertz CT molecular complexity index is 987. The summed E-state index contributed by atoms with van der Waals surface area (Å²) in [5.41, 5.74) is 3.51. The summed E-state index contributed by atoms with van der Waals surface area (Å²) in [5.74, 6) is 0.431. The average Bonchev–Trinajstić information content (AvgIpc) is 3.40. The molecule has 1 saturated heterocycles. The number of hydrogen-bond donors (Lipinski definition) is 0. The van der Waals surface area contributed by atoms with Crippen LogP contribution in [0.2, 0.25) is 5.02 Å². The van der Waals surface area contributed by atoms with E-state index in [9.17, 15) is 4.79 Å². The molecule has 0 bridgehead atoms. The lowest BCUT2D eigenvalue weighted by atomic mass is 10.1. The molecule has 1 atom stereocenters. The Morgan fingerprint density at radius 2 is 2.07 bits per heavy atom. The van der Waals surface area contributed by atoms with Crippen LogP contribution in [0.15, 0.2) is 30.3 Å². The number of aromatic nitrogens is 5. The van der Waals surface area contributed by atoms with Crippen LogP contribution >= 0.6 is 11.6 Å². The van der Waals surface area contributed by atoms with E-state index in [-0.39, 0.29) is 18.4 Å². The fourth-order valence-corrected chi connectivity index (χ4v) is 3.72. The van der Waals surface area contributed by atoms with Crippen LogP contribution < -0.4 is 0 Å². The van der Waals surface area contributed by atoms with Gasteiger partial charge in [0.25, 0.3) is 0 Å². The number of nitrogens with zero attached hydrogens (tertiary/aromatic N) is 5. The minimum atomic E-state index is -0.0354. The fourth-order valence-electron chi connectivity index (χ4n) is 3.59. The van der Waals surface area contributed by atoms with Crippen molar-refractivity contribution in [3.05, 3.63) is 52.3 Å². The third-order valence-corrected chi connectivity index (χ3v) is 5.38. The zero-order chi connectivity index (χ0) is 19.7. The lowest BCUT2D eigenvalue weighted by Crippen LogP contribution is -2.18. The molecule has 0 saturated carbocycles. The number of halogens is 1. The average molecular weight is 400 g/mol. The highest BCUT2D eigenvalue weighted by molar-refractivity contribution is 6.30. The van der Waals surface area contributed by atoms with Crippen LogP contribution in [0.4, 0.5) is 0 Å². The molecule has 4 rings (SSSR count). The van der Waals surface area contributed by atoms with Gasteiger partial charge in [0.1, 0.15) is 6.54 Å². The van der Waals surface area contributed by atoms with Gasteiger partial charge in [-0.15, -0.1) is 10.2 Å². The number of ketones is 1. The summed E-state index contributed by atoms with van der Waals surface area (Å²) in [5, 5.41) is 13.0. The largest absolute Gasteiger partial charge is 0.376 e. The number of aryl methyl sites for hydroxylation is 1. The van der Waals surface area contributed by atoms with Gasteiger partial charge in [0.05, 0.1) is 6.10 Å². The quantitative estimate of drug-likeness (QED) is 0.593. The summed E-state index contributed by atoms with van der Waals surface area (Å²) in [6.45, 7) is 5.65. The highest BCUT2D eigenvalue weighted by Gasteiger charge is 2.21. The van der Waals surface area contributed by atoms with E-state index in [0.717, 1.165) is 42.9 Å². The predicted octanol–water partition coefficient (Wildman–Crippen LogP) is 3.47. The summed E-state index contributed by atoms with van der Waals surface area (Å²) in [7, 11) is 0. The first-order valence-electron chi connectivity index (χ1n) is 9.36. The summed E-state index contributed by atoms with van der Waals surface area (Å²) in [6, 6.07) is 9.12. The van der Waals surface area contributed by atoms with Crippen molar-refractivity contribution < 1.29 is 9.53 Å². The van der Waals surface area contributed by atoms with Crippen molar-refractivity contribution in [2.24, 2.45) is 0 Å². The lowest BCUT2D eigenvalue weighted by molar-refractivity contribution is 0.0943. The van der Waals surface area contributed by atoms with Gasteiger partial charge in [-0.3, -0.25) is 4.79 Å². The van der Waals surface area contributed by atoms with Gasteiger partial charge in [0, 0.05) is 40.7 Å². The molecule has 7 nitrogen and oxygen atoms in total. The molecule has 0 aliphatic carbocycles. The van der Waals surface area contributed by atoms with Gasteiger partial charge in [-0.2, -0.15) is 4.80 Å². The van der Waals surface area contributed by atoms with Crippen LogP contribution in [0.1, 0.15) is 34.6 Å². The van der Waals surface area contributed by atoms with Gasteiger partial charge in [-0.1, -0.05) is 11.6 Å². The number of tetrazole rings is 1. The first kappa shape index (κ1) is 18.8. The molecule has 0 amide bonds. The normalized spacial score (nSPS) is 16.6. The molecular weight excluding hydrogens is 378 g/mol. The van der Waals surface area contributed by atoms with Crippen molar-refractivity contribution in [3.63, 3.8) is 0 Å². The Balaban J connectivity index is 1.49. The van der Waals surface area contributed by atoms with Gasteiger partial charge in [0.15, 0.2) is 5.78 Å². The number of rotatable bonds is 6. The molecule has 3 aromatic rings. The zero-order valence-corrected chi connectivity index (χ0v) is 16.7. The van der Waals surface area contributed by atoms with Gasteiger partial charge in [-0.05, 0) is 62.2 Å². The molecule has 0 radical (unpaired) electrons. The van der Waals surface area contributed by atoms with Crippen LogP contribution in [-0.2, 0) is 17.8 Å². The minimum Gasteiger partial charge on any atom is -0.376 e.